The van der Waals surface area contributed by atoms with Crippen LogP contribution in [-0.4, -0.2) is 44.3 Å². The summed E-state index contributed by atoms with van der Waals surface area (Å²) in [7, 11) is 2.87. The molecule has 1 aliphatic rings. The second-order valence-corrected chi connectivity index (χ2v) is 8.28. The molecule has 0 spiro atoms. The van der Waals surface area contributed by atoms with Crippen molar-refractivity contribution in [2.45, 2.75) is 26.2 Å². The Morgan fingerprint density at radius 1 is 1.06 bits per heavy atom. The maximum Gasteiger partial charge on any atom is 0.339 e. The molecule has 0 bridgehead atoms. The molecule has 0 aliphatic heterocycles. The number of anilines is 1. The van der Waals surface area contributed by atoms with Crippen molar-refractivity contribution in [3.63, 3.8) is 0 Å². The molecule has 0 radical (unpaired) electrons. The topological polar surface area (TPSA) is 110 Å². The maximum absolute atomic E-state index is 13.4. The summed E-state index contributed by atoms with van der Waals surface area (Å²) in [4.78, 5) is 39.2. The number of hydrogen-bond acceptors (Lipinski definition) is 7. The Balaban J connectivity index is 1.53. The molecule has 2 aromatic carbocycles. The Labute approximate surface area is 208 Å². The molecule has 4 rings (SSSR count). The van der Waals surface area contributed by atoms with Crippen LogP contribution in [0.2, 0.25) is 0 Å². The molecular formula is C27H27N3O6. The van der Waals surface area contributed by atoms with Crippen molar-refractivity contribution in [1.82, 2.24) is 5.43 Å². The lowest BCUT2D eigenvalue weighted by Crippen LogP contribution is -2.28. The molecule has 0 fully saturated rings. The Hall–Kier alpha value is -4.40. The minimum atomic E-state index is -0.540. The number of benzene rings is 2. The first-order chi connectivity index (χ1) is 17.4. The van der Waals surface area contributed by atoms with E-state index in [9.17, 15) is 14.4 Å². The van der Waals surface area contributed by atoms with Gasteiger partial charge in [-0.2, -0.15) is 5.10 Å². The van der Waals surface area contributed by atoms with E-state index in [1.165, 1.54) is 12.0 Å². The number of amides is 2. The second kappa shape index (κ2) is 10.9. The molecular weight excluding hydrogens is 462 g/mol. The molecule has 1 aromatic heterocycles. The normalized spacial score (nSPS) is 13.6. The standard InChI is InChI=1S/C27H27N3O6/c1-17-24-20(28-29-23(31)16-35-18-10-5-4-6-11-18)13-9-15-22(24)36-25(17)26(32)30(2)21-14-8-7-12-19(21)27(33)34-3/h4-8,10-12,14H,9,13,15-16H2,1-3H3,(H,29,31)/b28-20+. The van der Waals surface area contributed by atoms with E-state index in [0.717, 1.165) is 12.0 Å². The van der Waals surface area contributed by atoms with E-state index >= 15 is 0 Å². The zero-order chi connectivity index (χ0) is 25.7. The van der Waals surface area contributed by atoms with Crippen LogP contribution in [0.3, 0.4) is 0 Å². The highest BCUT2D eigenvalue weighted by molar-refractivity contribution is 6.11. The van der Waals surface area contributed by atoms with E-state index in [1.807, 2.05) is 18.2 Å². The van der Waals surface area contributed by atoms with Crippen LogP contribution in [0.4, 0.5) is 5.69 Å². The van der Waals surface area contributed by atoms with E-state index in [2.05, 4.69) is 10.5 Å². The first-order valence-electron chi connectivity index (χ1n) is 11.5. The number of furan rings is 1. The Kier molecular flexibility index (Phi) is 7.48. The summed E-state index contributed by atoms with van der Waals surface area (Å²) in [5, 5.41) is 4.31. The number of nitrogens with zero attached hydrogens (tertiary/aromatic N) is 2. The number of methoxy groups -OCH3 is 1. The van der Waals surface area contributed by atoms with Crippen LogP contribution >= 0.6 is 0 Å². The summed E-state index contributed by atoms with van der Waals surface area (Å²) in [5.74, 6) is 0.0582. The quantitative estimate of drug-likeness (QED) is 0.398. The molecule has 9 nitrogen and oxygen atoms in total. The number of hydrogen-bond donors (Lipinski definition) is 1. The predicted molar refractivity (Wildman–Crippen MR) is 134 cm³/mol. The van der Waals surface area contributed by atoms with Gasteiger partial charge < -0.3 is 18.8 Å². The number of carbonyl (C=O) groups is 3. The summed E-state index contributed by atoms with van der Waals surface area (Å²) < 4.78 is 16.3. The summed E-state index contributed by atoms with van der Waals surface area (Å²) in [5.41, 5.74) is 5.21. The zero-order valence-electron chi connectivity index (χ0n) is 20.4. The van der Waals surface area contributed by atoms with Gasteiger partial charge in [-0.3, -0.25) is 9.59 Å². The number of hydrazone groups is 1. The average Bonchev–Trinajstić information content (AvgIpc) is 3.26. The fraction of sp³-hybridized carbons (Fsp3) is 0.259. The van der Waals surface area contributed by atoms with E-state index in [0.29, 0.717) is 41.3 Å². The minimum absolute atomic E-state index is 0.163. The molecule has 1 aliphatic carbocycles. The number of esters is 1. The summed E-state index contributed by atoms with van der Waals surface area (Å²) in [6.07, 6.45) is 2.04. The molecule has 0 atom stereocenters. The molecule has 1 heterocycles. The maximum atomic E-state index is 13.4. The third-order valence-electron chi connectivity index (χ3n) is 5.92. The smallest absolute Gasteiger partial charge is 0.339 e. The number of ether oxygens (including phenoxy) is 2. The summed E-state index contributed by atoms with van der Waals surface area (Å²) in [6.45, 7) is 1.61. The fourth-order valence-electron chi connectivity index (χ4n) is 4.12. The molecule has 0 saturated heterocycles. The highest BCUT2D eigenvalue weighted by Crippen LogP contribution is 2.31. The Bertz CT molecular complexity index is 1310. The van der Waals surface area contributed by atoms with Gasteiger partial charge in [0.15, 0.2) is 12.4 Å². The summed E-state index contributed by atoms with van der Waals surface area (Å²) in [6, 6.07) is 15.7. The van der Waals surface area contributed by atoms with Gasteiger partial charge >= 0.3 is 5.97 Å². The number of fused-ring (bicyclic) bond motifs is 1. The van der Waals surface area contributed by atoms with Gasteiger partial charge in [0.25, 0.3) is 11.8 Å². The minimum Gasteiger partial charge on any atom is -0.484 e. The first kappa shape index (κ1) is 24.7. The fourth-order valence-corrected chi connectivity index (χ4v) is 4.12. The number of nitrogens with one attached hydrogen (secondary N) is 1. The van der Waals surface area contributed by atoms with Crippen molar-refractivity contribution in [3.05, 3.63) is 82.8 Å². The van der Waals surface area contributed by atoms with E-state index in [1.54, 1.807) is 50.4 Å². The van der Waals surface area contributed by atoms with Gasteiger partial charge in [0, 0.05) is 24.6 Å². The molecule has 2 amide bonds. The van der Waals surface area contributed by atoms with Crippen LogP contribution in [0.25, 0.3) is 0 Å². The average molecular weight is 490 g/mol. The van der Waals surface area contributed by atoms with Gasteiger partial charge in [-0.25, -0.2) is 10.2 Å². The number of aryl methyl sites for hydroxylation is 1. The summed E-state index contributed by atoms with van der Waals surface area (Å²) >= 11 is 0. The molecule has 0 saturated carbocycles. The number of carbonyl (C=O) groups excluding carboxylic acids is 3. The third kappa shape index (κ3) is 5.14. The lowest BCUT2D eigenvalue weighted by atomic mass is 9.93. The molecule has 3 aromatic rings. The van der Waals surface area contributed by atoms with Crippen LogP contribution in [0.15, 0.2) is 64.1 Å². The lowest BCUT2D eigenvalue weighted by molar-refractivity contribution is -0.123. The highest BCUT2D eigenvalue weighted by atomic mass is 16.5. The van der Waals surface area contributed by atoms with E-state index < -0.39 is 17.8 Å². The highest BCUT2D eigenvalue weighted by Gasteiger charge is 2.30. The lowest BCUT2D eigenvalue weighted by Gasteiger charge is -2.19. The van der Waals surface area contributed by atoms with Crippen molar-refractivity contribution in [2.75, 3.05) is 25.7 Å². The zero-order valence-corrected chi connectivity index (χ0v) is 20.4. The molecule has 0 unspecified atom stereocenters. The van der Waals surface area contributed by atoms with Crippen molar-refractivity contribution in [1.29, 1.82) is 0 Å². The first-order valence-corrected chi connectivity index (χ1v) is 11.5. The van der Waals surface area contributed by atoms with Crippen LogP contribution in [0.1, 0.15) is 50.6 Å². The van der Waals surface area contributed by atoms with Gasteiger partial charge in [-0.15, -0.1) is 0 Å². The van der Waals surface area contributed by atoms with Crippen LogP contribution in [-0.2, 0) is 16.0 Å². The largest absolute Gasteiger partial charge is 0.484 e. The Morgan fingerprint density at radius 2 is 1.78 bits per heavy atom. The molecule has 36 heavy (non-hydrogen) atoms. The Morgan fingerprint density at radius 3 is 2.53 bits per heavy atom. The van der Waals surface area contributed by atoms with E-state index in [4.69, 9.17) is 13.9 Å². The van der Waals surface area contributed by atoms with Gasteiger partial charge in [0.05, 0.1) is 24.1 Å². The monoisotopic (exact) mass is 489 g/mol. The van der Waals surface area contributed by atoms with Crippen LogP contribution < -0.4 is 15.1 Å². The third-order valence-corrected chi connectivity index (χ3v) is 5.92. The van der Waals surface area contributed by atoms with Gasteiger partial charge in [-0.05, 0) is 44.0 Å². The van der Waals surface area contributed by atoms with Gasteiger partial charge in [-0.1, -0.05) is 30.3 Å². The predicted octanol–water partition coefficient (Wildman–Crippen LogP) is 3.89. The van der Waals surface area contributed by atoms with Crippen molar-refractivity contribution in [2.24, 2.45) is 5.10 Å². The van der Waals surface area contributed by atoms with E-state index in [-0.39, 0.29) is 17.9 Å². The second-order valence-electron chi connectivity index (χ2n) is 8.28. The van der Waals surface area contributed by atoms with Crippen molar-refractivity contribution in [3.8, 4) is 5.75 Å². The number of para-hydroxylation sites is 2. The van der Waals surface area contributed by atoms with Crippen molar-refractivity contribution < 1.29 is 28.3 Å². The van der Waals surface area contributed by atoms with Gasteiger partial charge in [0.2, 0.25) is 0 Å². The SMILES string of the molecule is COC(=O)c1ccccc1N(C)C(=O)c1oc2c(c1C)/C(=N/NC(=O)COc1ccccc1)CCC2. The van der Waals surface area contributed by atoms with Crippen molar-refractivity contribution >= 4 is 29.2 Å². The van der Waals surface area contributed by atoms with Gasteiger partial charge in [0.1, 0.15) is 11.5 Å². The van der Waals surface area contributed by atoms with Crippen LogP contribution in [0.5, 0.6) is 5.75 Å². The molecule has 9 heteroatoms. The molecule has 1 N–H and O–H groups in total. The molecule has 186 valence electrons. The van der Waals surface area contributed by atoms with Crippen LogP contribution in [0, 0.1) is 6.92 Å². The number of rotatable bonds is 7.